The maximum Gasteiger partial charge on any atom is 0.281 e. The van der Waals surface area contributed by atoms with Crippen LogP contribution in [0.3, 0.4) is 0 Å². The summed E-state index contributed by atoms with van der Waals surface area (Å²) in [6.07, 6.45) is 25.9. The smallest absolute Gasteiger partial charge is 0.281 e. The van der Waals surface area contributed by atoms with Gasteiger partial charge in [-0.3, -0.25) is 9.59 Å². The number of likely N-dealkylation sites (N-methyl/N-ethyl adjacent to an activating group) is 1. The average molecular weight is 596 g/mol. The first-order valence-corrected chi connectivity index (χ1v) is 17.8. The number of nitrogens with zero attached hydrogens (tertiary/aromatic N) is 2. The fraction of sp³-hybridized carbons (Fsp3) is 0.730. The molecule has 2 heterocycles. The molecular weight excluding hydrogens is 532 g/mol. The Morgan fingerprint density at radius 1 is 0.860 bits per heavy atom. The molecule has 242 valence electrons. The lowest BCUT2D eigenvalue weighted by molar-refractivity contribution is -0.886. The number of H-pyrrole nitrogens is 1. The van der Waals surface area contributed by atoms with Crippen LogP contribution in [-0.4, -0.2) is 72.5 Å². The number of hydrogen-bond acceptors (Lipinski definition) is 2. The minimum Gasteiger partial charge on any atom is -0.361 e. The molecule has 1 fully saturated rings. The molecule has 1 aromatic carbocycles. The number of quaternary nitrogens is 1. The summed E-state index contributed by atoms with van der Waals surface area (Å²) in [6, 6.07) is 7.67. The summed E-state index contributed by atoms with van der Waals surface area (Å²) >= 11 is 0. The van der Waals surface area contributed by atoms with Crippen molar-refractivity contribution in [2.45, 2.75) is 141 Å². The first-order chi connectivity index (χ1) is 20.8. The fourth-order valence-electron chi connectivity index (χ4n) is 6.70. The van der Waals surface area contributed by atoms with E-state index in [9.17, 15) is 9.59 Å². The van der Waals surface area contributed by atoms with Crippen LogP contribution in [-0.2, 0) is 16.0 Å². The van der Waals surface area contributed by atoms with Crippen LogP contribution in [0.15, 0.2) is 30.5 Å². The lowest BCUT2D eigenvalue weighted by Crippen LogP contribution is -2.58. The molecule has 0 spiro atoms. The fourth-order valence-corrected chi connectivity index (χ4v) is 6.70. The van der Waals surface area contributed by atoms with Crippen molar-refractivity contribution in [2.75, 3.05) is 34.2 Å². The van der Waals surface area contributed by atoms with Crippen molar-refractivity contribution in [1.82, 2.24) is 15.2 Å². The number of nitrogens with one attached hydrogen (secondary N) is 2. The van der Waals surface area contributed by atoms with Crippen molar-refractivity contribution < 1.29 is 14.1 Å². The molecule has 6 nitrogen and oxygen atoms in total. The standard InChI is InChI=1S/C37H62N4O2/c1-5-6-7-8-9-10-11-12-13-14-15-16-17-18-19-22-27-38-36(42)34-26-23-28-40(34)37(43)35(41(2,3)4)29-31-30-39-33-25-21-20-24-32(31)33/h20-21,24-25,30,34-35,39H,5-19,22-23,26-29H2,1-4H3/p+1/t34-,35-/m0/s1. The minimum atomic E-state index is -0.342. The van der Waals surface area contributed by atoms with Gasteiger partial charge in [-0.15, -0.1) is 0 Å². The average Bonchev–Trinajstić information content (AvgIpc) is 3.64. The SMILES string of the molecule is CCCCCCCCCCCCCCCCCCNC(=O)[C@@H]1CCCN1C(=O)[C@H](Cc1c[nH]c2ccccc12)[N+](C)(C)C. The largest absolute Gasteiger partial charge is 0.361 e. The Morgan fingerprint density at radius 3 is 2.00 bits per heavy atom. The van der Waals surface area contributed by atoms with Crippen LogP contribution in [0.4, 0.5) is 0 Å². The Kier molecular flexibility index (Phi) is 15.6. The van der Waals surface area contributed by atoms with Gasteiger partial charge in [0.2, 0.25) is 5.91 Å². The summed E-state index contributed by atoms with van der Waals surface area (Å²) in [6.45, 7) is 3.66. The maximum atomic E-state index is 13.9. The molecule has 0 radical (unpaired) electrons. The summed E-state index contributed by atoms with van der Waals surface area (Å²) < 4.78 is 0.530. The number of carbonyl (C=O) groups is 2. The number of amides is 2. The van der Waals surface area contributed by atoms with Crippen molar-refractivity contribution in [3.05, 3.63) is 36.0 Å². The number of hydrogen-bond donors (Lipinski definition) is 2. The molecule has 3 rings (SSSR count). The van der Waals surface area contributed by atoms with E-state index in [0.29, 0.717) is 24.0 Å². The second-order valence-corrected chi connectivity index (χ2v) is 14.0. The Morgan fingerprint density at radius 2 is 1.42 bits per heavy atom. The number of likely N-dealkylation sites (tertiary alicyclic amines) is 1. The highest BCUT2D eigenvalue weighted by Gasteiger charge is 2.42. The van der Waals surface area contributed by atoms with Gasteiger partial charge in [0.25, 0.3) is 5.91 Å². The zero-order valence-corrected chi connectivity index (χ0v) is 28.1. The molecule has 6 heteroatoms. The number of aromatic amines is 1. The topological polar surface area (TPSA) is 65.2 Å². The Hall–Kier alpha value is -2.34. The molecule has 0 bridgehead atoms. The highest BCUT2D eigenvalue weighted by atomic mass is 16.2. The van der Waals surface area contributed by atoms with E-state index < -0.39 is 0 Å². The highest BCUT2D eigenvalue weighted by molar-refractivity contribution is 5.91. The number of unbranched alkanes of at least 4 members (excludes halogenated alkanes) is 15. The second-order valence-electron chi connectivity index (χ2n) is 14.0. The third-order valence-corrected chi connectivity index (χ3v) is 9.48. The first kappa shape index (κ1) is 35.1. The number of benzene rings is 1. The van der Waals surface area contributed by atoms with Gasteiger partial charge < -0.3 is 19.7 Å². The van der Waals surface area contributed by atoms with Crippen LogP contribution in [0, 0.1) is 0 Å². The Balaban J connectivity index is 1.29. The van der Waals surface area contributed by atoms with Gasteiger partial charge in [0.15, 0.2) is 6.04 Å². The van der Waals surface area contributed by atoms with Gasteiger partial charge >= 0.3 is 0 Å². The van der Waals surface area contributed by atoms with Gasteiger partial charge in [-0.1, -0.05) is 121 Å². The van der Waals surface area contributed by atoms with Crippen molar-refractivity contribution in [3.8, 4) is 0 Å². The minimum absolute atomic E-state index is 0.0269. The predicted molar refractivity (Wildman–Crippen MR) is 181 cm³/mol. The molecule has 0 aliphatic carbocycles. The quantitative estimate of drug-likeness (QED) is 0.107. The van der Waals surface area contributed by atoms with Crippen molar-refractivity contribution in [3.63, 3.8) is 0 Å². The molecule has 2 amide bonds. The Labute approximate surface area is 263 Å². The van der Waals surface area contributed by atoms with E-state index in [1.54, 1.807) is 0 Å². The third kappa shape index (κ3) is 11.9. The second kappa shape index (κ2) is 19.1. The van der Waals surface area contributed by atoms with Crippen LogP contribution in [0.5, 0.6) is 0 Å². The predicted octanol–water partition coefficient (Wildman–Crippen LogP) is 8.15. The van der Waals surface area contributed by atoms with Gasteiger partial charge in [0, 0.05) is 36.6 Å². The van der Waals surface area contributed by atoms with Crippen LogP contribution in [0.1, 0.15) is 128 Å². The highest BCUT2D eigenvalue weighted by Crippen LogP contribution is 2.26. The number of carbonyl (C=O) groups excluding carboxylic acids is 2. The molecule has 2 aromatic rings. The van der Waals surface area contributed by atoms with E-state index in [0.717, 1.165) is 30.3 Å². The maximum absolute atomic E-state index is 13.9. The van der Waals surface area contributed by atoms with Gasteiger partial charge in [0.05, 0.1) is 21.1 Å². The molecule has 1 aliphatic heterocycles. The molecule has 0 saturated carbocycles. The number of para-hydroxylation sites is 1. The molecule has 1 aliphatic rings. The monoisotopic (exact) mass is 595 g/mol. The molecule has 1 aromatic heterocycles. The molecule has 1 saturated heterocycles. The third-order valence-electron chi connectivity index (χ3n) is 9.48. The first-order valence-electron chi connectivity index (χ1n) is 17.8. The normalized spacial score (nSPS) is 16.2. The summed E-state index contributed by atoms with van der Waals surface area (Å²) in [7, 11) is 6.25. The molecule has 2 N–H and O–H groups in total. The van der Waals surface area contributed by atoms with Gasteiger partial charge in [-0.2, -0.15) is 0 Å². The van der Waals surface area contributed by atoms with Gasteiger partial charge in [-0.25, -0.2) is 0 Å². The Bertz CT molecular complexity index is 1070. The van der Waals surface area contributed by atoms with Crippen molar-refractivity contribution in [2.24, 2.45) is 0 Å². The van der Waals surface area contributed by atoms with E-state index in [1.165, 1.54) is 102 Å². The zero-order valence-electron chi connectivity index (χ0n) is 28.1. The molecular formula is C37H63N4O2+. The van der Waals surface area contributed by atoms with Crippen LogP contribution >= 0.6 is 0 Å². The summed E-state index contributed by atoms with van der Waals surface area (Å²) in [5, 5.41) is 4.33. The summed E-state index contributed by atoms with van der Waals surface area (Å²) in [5.41, 5.74) is 2.25. The van der Waals surface area contributed by atoms with Crippen molar-refractivity contribution >= 4 is 22.7 Å². The van der Waals surface area contributed by atoms with Gasteiger partial charge in [-0.05, 0) is 30.9 Å². The molecule has 43 heavy (non-hydrogen) atoms. The number of rotatable bonds is 22. The van der Waals surface area contributed by atoms with Gasteiger partial charge in [0.1, 0.15) is 6.04 Å². The summed E-state index contributed by atoms with van der Waals surface area (Å²) in [4.78, 5) is 32.3. The zero-order chi connectivity index (χ0) is 30.9. The number of fused-ring (bicyclic) bond motifs is 1. The lowest BCUT2D eigenvalue weighted by Gasteiger charge is -2.36. The summed E-state index contributed by atoms with van der Waals surface area (Å²) in [5.74, 6) is 0.122. The van der Waals surface area contributed by atoms with Crippen LogP contribution in [0.2, 0.25) is 0 Å². The van der Waals surface area contributed by atoms with Crippen LogP contribution in [0.25, 0.3) is 10.9 Å². The number of aromatic nitrogens is 1. The molecule has 2 atom stereocenters. The van der Waals surface area contributed by atoms with E-state index in [2.05, 4.69) is 50.5 Å². The van der Waals surface area contributed by atoms with E-state index >= 15 is 0 Å². The van der Waals surface area contributed by atoms with E-state index in [4.69, 9.17) is 0 Å². The van der Waals surface area contributed by atoms with E-state index in [1.807, 2.05) is 23.2 Å². The van der Waals surface area contributed by atoms with Crippen LogP contribution < -0.4 is 5.32 Å². The molecule has 0 unspecified atom stereocenters. The van der Waals surface area contributed by atoms with E-state index in [-0.39, 0.29) is 23.9 Å². The lowest BCUT2D eigenvalue weighted by atomic mass is 10.0. The van der Waals surface area contributed by atoms with Crippen molar-refractivity contribution in [1.29, 1.82) is 0 Å².